The second-order valence-electron chi connectivity index (χ2n) is 6.97. The summed E-state index contributed by atoms with van der Waals surface area (Å²) < 4.78 is 27.7. The molecule has 1 aromatic carbocycles. The van der Waals surface area contributed by atoms with Gasteiger partial charge in [0.05, 0.1) is 37.8 Å². The number of aromatic nitrogens is 2. The Balaban J connectivity index is 1.51. The first-order chi connectivity index (χ1) is 12.8. The van der Waals surface area contributed by atoms with Crippen LogP contribution in [-0.4, -0.2) is 62.1 Å². The highest BCUT2D eigenvalue weighted by Gasteiger charge is 2.46. The molecular weight excluding hydrogens is 358 g/mol. The van der Waals surface area contributed by atoms with Crippen molar-refractivity contribution in [3.05, 3.63) is 47.8 Å². The first kappa shape index (κ1) is 17.4. The Morgan fingerprint density at radius 1 is 1.22 bits per heavy atom. The molecule has 1 atom stereocenters. The molecule has 9 heteroatoms. The maximum absolute atomic E-state index is 13.0. The molecule has 2 aliphatic rings. The number of likely N-dealkylation sites (tertiary alicyclic amines) is 1. The third kappa shape index (κ3) is 3.36. The summed E-state index contributed by atoms with van der Waals surface area (Å²) in [5.74, 6) is -3.46. The Bertz CT molecular complexity index is 890. The molecule has 0 aliphatic carbocycles. The average Bonchev–Trinajstić information content (AvgIpc) is 3.07. The zero-order valence-electron chi connectivity index (χ0n) is 14.4. The fourth-order valence-corrected chi connectivity index (χ4v) is 3.53. The van der Waals surface area contributed by atoms with Gasteiger partial charge in [-0.1, -0.05) is 6.07 Å². The van der Waals surface area contributed by atoms with Gasteiger partial charge < -0.3 is 14.9 Å². The molecule has 2 aromatic rings. The standard InChI is InChI=1S/C18H18F2N4O3/c19-18(20)10-23(11-18)16(26)7-14-9-22(8-13-4-5-21-24(13)14)17(27)12-2-1-3-15(25)6-12/h1-6,14,25H,7-11H2. The van der Waals surface area contributed by atoms with E-state index in [2.05, 4.69) is 5.10 Å². The Hall–Kier alpha value is -2.97. The van der Waals surface area contributed by atoms with Gasteiger partial charge >= 0.3 is 0 Å². The third-order valence-electron chi connectivity index (χ3n) is 4.87. The van der Waals surface area contributed by atoms with Gasteiger partial charge in [-0.3, -0.25) is 14.3 Å². The Labute approximate surface area is 153 Å². The lowest BCUT2D eigenvalue weighted by Crippen LogP contribution is -2.59. The van der Waals surface area contributed by atoms with Crippen molar-refractivity contribution in [2.24, 2.45) is 0 Å². The van der Waals surface area contributed by atoms with Gasteiger partial charge in [0.25, 0.3) is 11.8 Å². The second-order valence-corrected chi connectivity index (χ2v) is 6.97. The number of carbonyl (C=O) groups excluding carboxylic acids is 2. The molecule has 0 radical (unpaired) electrons. The van der Waals surface area contributed by atoms with E-state index in [9.17, 15) is 23.5 Å². The van der Waals surface area contributed by atoms with Crippen molar-refractivity contribution in [1.29, 1.82) is 0 Å². The summed E-state index contributed by atoms with van der Waals surface area (Å²) in [5, 5.41) is 13.8. The highest BCUT2D eigenvalue weighted by atomic mass is 19.3. The summed E-state index contributed by atoms with van der Waals surface area (Å²) in [6, 6.07) is 7.39. The van der Waals surface area contributed by atoms with E-state index in [0.29, 0.717) is 12.1 Å². The third-order valence-corrected chi connectivity index (χ3v) is 4.87. The molecule has 1 fully saturated rings. The van der Waals surface area contributed by atoms with E-state index in [1.165, 1.54) is 12.1 Å². The Morgan fingerprint density at radius 2 is 2.00 bits per heavy atom. The number of carbonyl (C=O) groups is 2. The predicted molar refractivity (Wildman–Crippen MR) is 90.3 cm³/mol. The van der Waals surface area contributed by atoms with Crippen LogP contribution in [0.4, 0.5) is 8.78 Å². The molecular formula is C18H18F2N4O3. The van der Waals surface area contributed by atoms with Crippen LogP contribution in [0.1, 0.15) is 28.5 Å². The number of hydrogen-bond acceptors (Lipinski definition) is 4. The lowest BCUT2D eigenvalue weighted by Gasteiger charge is -2.40. The van der Waals surface area contributed by atoms with Crippen LogP contribution in [0.5, 0.6) is 5.75 Å². The summed E-state index contributed by atoms with van der Waals surface area (Å²) >= 11 is 0. The molecule has 1 aromatic heterocycles. The van der Waals surface area contributed by atoms with Crippen molar-refractivity contribution in [1.82, 2.24) is 19.6 Å². The quantitative estimate of drug-likeness (QED) is 0.884. The fourth-order valence-electron chi connectivity index (χ4n) is 3.53. The van der Waals surface area contributed by atoms with Gasteiger partial charge in [-0.05, 0) is 24.3 Å². The molecule has 27 heavy (non-hydrogen) atoms. The number of benzene rings is 1. The molecule has 142 valence electrons. The van der Waals surface area contributed by atoms with E-state index in [1.807, 2.05) is 0 Å². The van der Waals surface area contributed by atoms with Gasteiger partial charge in [-0.15, -0.1) is 0 Å². The van der Waals surface area contributed by atoms with Crippen molar-refractivity contribution in [3.8, 4) is 5.75 Å². The van der Waals surface area contributed by atoms with Crippen molar-refractivity contribution >= 4 is 11.8 Å². The zero-order valence-corrected chi connectivity index (χ0v) is 14.4. The minimum atomic E-state index is -2.81. The van der Waals surface area contributed by atoms with E-state index in [-0.39, 0.29) is 30.5 Å². The Morgan fingerprint density at radius 3 is 2.70 bits per heavy atom. The van der Waals surface area contributed by atoms with Gasteiger partial charge in [0.1, 0.15) is 5.75 Å². The number of phenolic OH excluding ortho intramolecular Hbond substituents is 1. The highest BCUT2D eigenvalue weighted by Crippen LogP contribution is 2.30. The van der Waals surface area contributed by atoms with Crippen LogP contribution in [0.3, 0.4) is 0 Å². The topological polar surface area (TPSA) is 78.7 Å². The maximum atomic E-state index is 13.0. The number of fused-ring (bicyclic) bond motifs is 1. The van der Waals surface area contributed by atoms with Crippen LogP contribution in [-0.2, 0) is 11.3 Å². The van der Waals surface area contributed by atoms with Crippen LogP contribution in [0, 0.1) is 0 Å². The van der Waals surface area contributed by atoms with Crippen molar-refractivity contribution in [3.63, 3.8) is 0 Å². The number of hydrogen-bond donors (Lipinski definition) is 1. The first-order valence-corrected chi connectivity index (χ1v) is 8.59. The van der Waals surface area contributed by atoms with Crippen molar-refractivity contribution in [2.45, 2.75) is 24.9 Å². The normalized spacial score (nSPS) is 20.7. The van der Waals surface area contributed by atoms with E-state index in [0.717, 1.165) is 10.6 Å². The largest absolute Gasteiger partial charge is 0.508 e. The number of halogens is 2. The van der Waals surface area contributed by atoms with Crippen molar-refractivity contribution in [2.75, 3.05) is 19.6 Å². The predicted octanol–water partition coefficient (Wildman–Crippen LogP) is 1.65. The van der Waals surface area contributed by atoms with Crippen molar-refractivity contribution < 1.29 is 23.5 Å². The summed E-state index contributed by atoms with van der Waals surface area (Å²) in [5.41, 5.74) is 1.11. The smallest absolute Gasteiger partial charge is 0.282 e. The van der Waals surface area contributed by atoms with Crippen LogP contribution in [0.25, 0.3) is 0 Å². The van der Waals surface area contributed by atoms with E-state index in [4.69, 9.17) is 0 Å². The highest BCUT2D eigenvalue weighted by molar-refractivity contribution is 5.94. The second kappa shape index (κ2) is 6.33. The van der Waals surface area contributed by atoms with Crippen LogP contribution < -0.4 is 0 Å². The SMILES string of the molecule is O=C(CC1CN(C(=O)c2cccc(O)c2)Cc2ccnn21)N1CC(F)(F)C1. The van der Waals surface area contributed by atoms with Gasteiger partial charge in [0, 0.05) is 18.3 Å². The Kier molecular flexibility index (Phi) is 4.09. The molecule has 7 nitrogen and oxygen atoms in total. The summed E-state index contributed by atoms with van der Waals surface area (Å²) in [7, 11) is 0. The summed E-state index contributed by atoms with van der Waals surface area (Å²) in [6.45, 7) is -0.562. The number of alkyl halides is 2. The lowest BCUT2D eigenvalue weighted by atomic mass is 10.0. The number of amides is 2. The van der Waals surface area contributed by atoms with E-state index >= 15 is 0 Å². The average molecular weight is 376 g/mol. The number of nitrogens with zero attached hydrogens (tertiary/aromatic N) is 4. The van der Waals surface area contributed by atoms with E-state index in [1.54, 1.807) is 34.0 Å². The van der Waals surface area contributed by atoms with Gasteiger partial charge in [-0.2, -0.15) is 5.10 Å². The number of aromatic hydroxyl groups is 1. The zero-order chi connectivity index (χ0) is 19.2. The van der Waals surface area contributed by atoms with Crippen LogP contribution in [0.2, 0.25) is 0 Å². The first-order valence-electron chi connectivity index (χ1n) is 8.59. The molecule has 4 rings (SSSR count). The molecule has 0 spiro atoms. The van der Waals surface area contributed by atoms with Crippen LogP contribution >= 0.6 is 0 Å². The molecule has 0 saturated carbocycles. The number of phenols is 1. The fraction of sp³-hybridized carbons (Fsp3) is 0.389. The molecule has 3 heterocycles. The van der Waals surface area contributed by atoms with Crippen LogP contribution in [0.15, 0.2) is 36.5 Å². The van der Waals surface area contributed by atoms with Gasteiger partial charge in [0.2, 0.25) is 5.91 Å². The lowest BCUT2D eigenvalue weighted by molar-refractivity contribution is -0.166. The van der Waals surface area contributed by atoms with Gasteiger partial charge in [0.15, 0.2) is 0 Å². The minimum Gasteiger partial charge on any atom is -0.508 e. The molecule has 1 unspecified atom stereocenters. The van der Waals surface area contributed by atoms with Gasteiger partial charge in [-0.25, -0.2) is 8.78 Å². The molecule has 1 saturated heterocycles. The molecule has 2 aliphatic heterocycles. The minimum absolute atomic E-state index is 0.00538. The molecule has 1 N–H and O–H groups in total. The summed E-state index contributed by atoms with van der Waals surface area (Å²) in [4.78, 5) is 27.8. The maximum Gasteiger partial charge on any atom is 0.282 e. The monoisotopic (exact) mass is 376 g/mol. The number of rotatable bonds is 3. The van der Waals surface area contributed by atoms with E-state index < -0.39 is 25.1 Å². The molecule has 2 amide bonds. The summed E-state index contributed by atoms with van der Waals surface area (Å²) in [6.07, 6.45) is 1.58. The molecule has 0 bridgehead atoms.